The number of nitrogens with zero attached hydrogens (tertiary/aromatic N) is 1. The van der Waals surface area contributed by atoms with Crippen LogP contribution in [-0.4, -0.2) is 12.0 Å². The molecule has 0 aliphatic carbocycles. The SMILES string of the molecule is CCCc1cccc(C(NC)c2ccncc2F)c1. The number of nitrogens with one attached hydrogen (secondary N) is 1. The monoisotopic (exact) mass is 258 g/mol. The molecule has 0 spiro atoms. The standard InChI is InChI=1S/C16H19FN2/c1-3-5-12-6-4-7-13(10-12)16(18-2)14-8-9-19-11-15(14)17/h4,6-11,16,18H,3,5H2,1-2H3. The Bertz CT molecular complexity index is 540. The molecule has 1 atom stereocenters. The van der Waals surface area contributed by atoms with Crippen LogP contribution in [0.5, 0.6) is 0 Å². The summed E-state index contributed by atoms with van der Waals surface area (Å²) in [5.41, 5.74) is 3.00. The van der Waals surface area contributed by atoms with E-state index in [4.69, 9.17) is 0 Å². The lowest BCUT2D eigenvalue weighted by molar-refractivity contribution is 0.570. The van der Waals surface area contributed by atoms with Crippen molar-refractivity contribution in [3.8, 4) is 0 Å². The van der Waals surface area contributed by atoms with Crippen molar-refractivity contribution in [1.82, 2.24) is 10.3 Å². The van der Waals surface area contributed by atoms with E-state index in [2.05, 4.69) is 29.4 Å². The van der Waals surface area contributed by atoms with Crippen molar-refractivity contribution in [1.29, 1.82) is 0 Å². The molecule has 1 aromatic heterocycles. The van der Waals surface area contributed by atoms with E-state index in [-0.39, 0.29) is 11.9 Å². The maximum atomic E-state index is 13.9. The van der Waals surface area contributed by atoms with Crippen LogP contribution in [0.4, 0.5) is 4.39 Å². The van der Waals surface area contributed by atoms with Gasteiger partial charge in [0.1, 0.15) is 5.82 Å². The summed E-state index contributed by atoms with van der Waals surface area (Å²) in [5.74, 6) is -0.275. The second kappa shape index (κ2) is 6.43. The molecule has 1 N–H and O–H groups in total. The van der Waals surface area contributed by atoms with E-state index in [1.807, 2.05) is 19.2 Å². The van der Waals surface area contributed by atoms with Gasteiger partial charge in [0.25, 0.3) is 0 Å². The molecule has 19 heavy (non-hydrogen) atoms. The third-order valence-electron chi connectivity index (χ3n) is 3.23. The zero-order valence-corrected chi connectivity index (χ0v) is 11.4. The minimum atomic E-state index is -0.275. The van der Waals surface area contributed by atoms with Crippen molar-refractivity contribution in [2.45, 2.75) is 25.8 Å². The predicted molar refractivity (Wildman–Crippen MR) is 75.5 cm³/mol. The minimum Gasteiger partial charge on any atom is -0.309 e. The first-order valence-corrected chi connectivity index (χ1v) is 6.61. The Balaban J connectivity index is 2.37. The molecule has 0 fully saturated rings. The summed E-state index contributed by atoms with van der Waals surface area (Å²) < 4.78 is 13.9. The number of hydrogen-bond donors (Lipinski definition) is 1. The molecule has 2 aromatic rings. The maximum Gasteiger partial charge on any atom is 0.146 e. The van der Waals surface area contributed by atoms with Crippen molar-refractivity contribution in [3.63, 3.8) is 0 Å². The van der Waals surface area contributed by atoms with Crippen molar-refractivity contribution in [3.05, 3.63) is 65.2 Å². The number of halogens is 1. The van der Waals surface area contributed by atoms with Gasteiger partial charge in [-0.1, -0.05) is 37.6 Å². The highest BCUT2D eigenvalue weighted by Gasteiger charge is 2.16. The van der Waals surface area contributed by atoms with Gasteiger partial charge in [-0.05, 0) is 30.7 Å². The first-order valence-electron chi connectivity index (χ1n) is 6.61. The van der Waals surface area contributed by atoms with E-state index in [1.54, 1.807) is 12.3 Å². The van der Waals surface area contributed by atoms with Crippen molar-refractivity contribution in [2.24, 2.45) is 0 Å². The van der Waals surface area contributed by atoms with Crippen LogP contribution >= 0.6 is 0 Å². The van der Waals surface area contributed by atoms with Gasteiger partial charge in [0, 0.05) is 11.8 Å². The van der Waals surface area contributed by atoms with Crippen molar-refractivity contribution < 1.29 is 4.39 Å². The molecule has 0 aliphatic rings. The Kier molecular flexibility index (Phi) is 4.63. The van der Waals surface area contributed by atoms with Gasteiger partial charge in [-0.15, -0.1) is 0 Å². The van der Waals surface area contributed by atoms with E-state index in [0.717, 1.165) is 18.4 Å². The van der Waals surface area contributed by atoms with Gasteiger partial charge in [0.2, 0.25) is 0 Å². The summed E-state index contributed by atoms with van der Waals surface area (Å²) >= 11 is 0. The van der Waals surface area contributed by atoms with Gasteiger partial charge in [-0.2, -0.15) is 0 Å². The van der Waals surface area contributed by atoms with E-state index in [0.29, 0.717) is 5.56 Å². The maximum absolute atomic E-state index is 13.9. The number of pyridine rings is 1. The zero-order valence-electron chi connectivity index (χ0n) is 11.4. The molecule has 0 saturated carbocycles. The molecule has 1 unspecified atom stereocenters. The molecule has 1 aromatic carbocycles. The van der Waals surface area contributed by atoms with Crippen LogP contribution in [0.3, 0.4) is 0 Å². The molecule has 0 aliphatic heterocycles. The molecule has 3 heteroatoms. The normalized spacial score (nSPS) is 12.4. The van der Waals surface area contributed by atoms with Crippen LogP contribution in [0.15, 0.2) is 42.7 Å². The lowest BCUT2D eigenvalue weighted by Crippen LogP contribution is -2.19. The first kappa shape index (κ1) is 13.7. The minimum absolute atomic E-state index is 0.139. The fourth-order valence-corrected chi connectivity index (χ4v) is 2.34. The summed E-state index contributed by atoms with van der Waals surface area (Å²) in [4.78, 5) is 3.80. The van der Waals surface area contributed by atoms with Crippen molar-refractivity contribution >= 4 is 0 Å². The third-order valence-corrected chi connectivity index (χ3v) is 3.23. The highest BCUT2D eigenvalue weighted by Crippen LogP contribution is 2.24. The molecule has 1 heterocycles. The van der Waals surface area contributed by atoms with Crippen LogP contribution < -0.4 is 5.32 Å². The molecular weight excluding hydrogens is 239 g/mol. The lowest BCUT2D eigenvalue weighted by Gasteiger charge is -2.18. The molecule has 0 amide bonds. The fraction of sp³-hybridized carbons (Fsp3) is 0.312. The smallest absolute Gasteiger partial charge is 0.146 e. The van der Waals surface area contributed by atoms with Gasteiger partial charge in [0.15, 0.2) is 0 Å². The summed E-state index contributed by atoms with van der Waals surface area (Å²) in [6.45, 7) is 2.16. The van der Waals surface area contributed by atoms with Crippen LogP contribution in [0.1, 0.15) is 36.1 Å². The van der Waals surface area contributed by atoms with Crippen LogP contribution in [0, 0.1) is 5.82 Å². The number of rotatable bonds is 5. The van der Waals surface area contributed by atoms with E-state index in [1.165, 1.54) is 11.8 Å². The Hall–Kier alpha value is -1.74. The summed E-state index contributed by atoms with van der Waals surface area (Å²) in [6.07, 6.45) is 5.04. The van der Waals surface area contributed by atoms with E-state index < -0.39 is 0 Å². The third kappa shape index (κ3) is 3.18. The fourth-order valence-electron chi connectivity index (χ4n) is 2.34. The molecular formula is C16H19FN2. The summed E-state index contributed by atoms with van der Waals surface area (Å²) in [5, 5.41) is 3.18. The van der Waals surface area contributed by atoms with E-state index >= 15 is 0 Å². The van der Waals surface area contributed by atoms with Gasteiger partial charge in [-0.3, -0.25) is 4.98 Å². The average molecular weight is 258 g/mol. The average Bonchev–Trinajstić information content (AvgIpc) is 2.43. The number of aryl methyl sites for hydroxylation is 1. The Morgan fingerprint density at radius 2 is 2.16 bits per heavy atom. The topological polar surface area (TPSA) is 24.9 Å². The Morgan fingerprint density at radius 1 is 1.32 bits per heavy atom. The predicted octanol–water partition coefficient (Wildman–Crippen LogP) is 3.48. The summed E-state index contributed by atoms with van der Waals surface area (Å²) in [7, 11) is 1.84. The summed E-state index contributed by atoms with van der Waals surface area (Å²) in [6, 6.07) is 9.90. The van der Waals surface area contributed by atoms with Crippen LogP contribution in [0.2, 0.25) is 0 Å². The van der Waals surface area contributed by atoms with Gasteiger partial charge in [0.05, 0.1) is 12.2 Å². The van der Waals surface area contributed by atoms with Crippen LogP contribution in [0.25, 0.3) is 0 Å². The van der Waals surface area contributed by atoms with Crippen molar-refractivity contribution in [2.75, 3.05) is 7.05 Å². The lowest BCUT2D eigenvalue weighted by atomic mass is 9.96. The highest BCUT2D eigenvalue weighted by atomic mass is 19.1. The van der Waals surface area contributed by atoms with Gasteiger partial charge >= 0.3 is 0 Å². The molecule has 2 rings (SSSR count). The first-order chi connectivity index (χ1) is 9.26. The Labute approximate surface area is 113 Å². The number of benzene rings is 1. The number of hydrogen-bond acceptors (Lipinski definition) is 2. The molecule has 0 radical (unpaired) electrons. The van der Waals surface area contributed by atoms with E-state index in [9.17, 15) is 4.39 Å². The number of aromatic nitrogens is 1. The molecule has 0 saturated heterocycles. The largest absolute Gasteiger partial charge is 0.309 e. The second-order valence-electron chi connectivity index (χ2n) is 4.61. The Morgan fingerprint density at radius 3 is 2.84 bits per heavy atom. The molecule has 100 valence electrons. The van der Waals surface area contributed by atoms with Gasteiger partial charge < -0.3 is 5.32 Å². The molecule has 2 nitrogen and oxygen atoms in total. The van der Waals surface area contributed by atoms with Crippen LogP contribution in [-0.2, 0) is 6.42 Å². The quantitative estimate of drug-likeness (QED) is 0.888. The zero-order chi connectivity index (χ0) is 13.7. The molecule has 0 bridgehead atoms. The second-order valence-corrected chi connectivity index (χ2v) is 4.61. The van der Waals surface area contributed by atoms with Gasteiger partial charge in [-0.25, -0.2) is 4.39 Å². The highest BCUT2D eigenvalue weighted by molar-refractivity contribution is 5.34.